The van der Waals surface area contributed by atoms with E-state index in [2.05, 4.69) is 10.6 Å². The van der Waals surface area contributed by atoms with Gasteiger partial charge in [-0.15, -0.1) is 0 Å². The molecule has 1 fully saturated rings. The highest BCUT2D eigenvalue weighted by atomic mass is 35.5. The third-order valence-electron chi connectivity index (χ3n) is 3.22. The minimum absolute atomic E-state index is 0.0462. The molecule has 4 nitrogen and oxygen atoms in total. The lowest BCUT2D eigenvalue weighted by Gasteiger charge is -2.10. The third kappa shape index (κ3) is 5.09. The molecule has 5 heteroatoms. The summed E-state index contributed by atoms with van der Waals surface area (Å²) in [6.07, 6.45) is 2.23. The van der Waals surface area contributed by atoms with E-state index in [4.69, 9.17) is 16.3 Å². The van der Waals surface area contributed by atoms with E-state index < -0.39 is 0 Å². The van der Waals surface area contributed by atoms with Gasteiger partial charge in [0.25, 0.3) is 5.91 Å². The summed E-state index contributed by atoms with van der Waals surface area (Å²) in [7, 11) is 0. The van der Waals surface area contributed by atoms with Gasteiger partial charge in [-0.3, -0.25) is 4.79 Å². The fourth-order valence-electron chi connectivity index (χ4n) is 2.11. The molecule has 19 heavy (non-hydrogen) atoms. The molecule has 0 saturated carbocycles. The molecular formula is C14H19ClN2O2. The topological polar surface area (TPSA) is 50.4 Å². The fourth-order valence-corrected chi connectivity index (χ4v) is 2.23. The largest absolute Gasteiger partial charge is 0.484 e. The molecule has 0 aliphatic carbocycles. The minimum Gasteiger partial charge on any atom is -0.484 e. The summed E-state index contributed by atoms with van der Waals surface area (Å²) in [5.41, 5.74) is 0. The molecule has 0 bridgehead atoms. The normalized spacial score (nSPS) is 18.3. The summed E-state index contributed by atoms with van der Waals surface area (Å²) in [4.78, 5) is 11.6. The molecule has 1 saturated heterocycles. The molecular weight excluding hydrogens is 264 g/mol. The summed E-state index contributed by atoms with van der Waals surface area (Å²) in [6.45, 7) is 2.93. The van der Waals surface area contributed by atoms with Crippen LogP contribution in [0.2, 0.25) is 5.02 Å². The van der Waals surface area contributed by atoms with E-state index in [0.29, 0.717) is 16.7 Å². The van der Waals surface area contributed by atoms with E-state index in [1.807, 2.05) is 0 Å². The summed E-state index contributed by atoms with van der Waals surface area (Å²) in [5, 5.41) is 6.84. The molecule has 2 rings (SSSR count). The molecule has 2 N–H and O–H groups in total. The Hall–Kier alpha value is -1.26. The van der Waals surface area contributed by atoms with Crippen molar-refractivity contribution in [3.63, 3.8) is 0 Å². The Balaban J connectivity index is 1.60. The maximum absolute atomic E-state index is 11.6. The lowest BCUT2D eigenvalue weighted by Crippen LogP contribution is -2.30. The Morgan fingerprint density at radius 2 is 2.21 bits per heavy atom. The Labute approximate surface area is 118 Å². The first-order chi connectivity index (χ1) is 9.24. The third-order valence-corrected chi connectivity index (χ3v) is 3.47. The van der Waals surface area contributed by atoms with E-state index >= 15 is 0 Å². The lowest BCUT2D eigenvalue weighted by atomic mass is 10.1. The van der Waals surface area contributed by atoms with Crippen molar-refractivity contribution in [2.24, 2.45) is 5.92 Å². The molecule has 1 aromatic carbocycles. The quantitative estimate of drug-likeness (QED) is 0.837. The van der Waals surface area contributed by atoms with Crippen molar-refractivity contribution in [2.45, 2.75) is 12.8 Å². The number of benzene rings is 1. The predicted molar refractivity (Wildman–Crippen MR) is 75.6 cm³/mol. The SMILES string of the molecule is O=C(COc1ccc(Cl)cc1)NCCC1CCNC1. The Kier molecular flexibility index (Phi) is 5.48. The number of ether oxygens (including phenoxy) is 1. The number of rotatable bonds is 6. The summed E-state index contributed by atoms with van der Waals surface area (Å²) in [5.74, 6) is 1.26. The maximum Gasteiger partial charge on any atom is 0.257 e. The minimum atomic E-state index is -0.0825. The second kappa shape index (κ2) is 7.36. The van der Waals surface area contributed by atoms with Crippen LogP contribution in [-0.4, -0.2) is 32.1 Å². The number of carbonyl (C=O) groups excluding carboxylic acids is 1. The van der Waals surface area contributed by atoms with Gasteiger partial charge in [-0.25, -0.2) is 0 Å². The maximum atomic E-state index is 11.6. The second-order valence-corrected chi connectivity index (χ2v) is 5.18. The average molecular weight is 283 g/mol. The van der Waals surface area contributed by atoms with E-state index in [1.165, 1.54) is 6.42 Å². The molecule has 104 valence electrons. The molecule has 1 aliphatic rings. The van der Waals surface area contributed by atoms with E-state index in [-0.39, 0.29) is 12.5 Å². The zero-order valence-corrected chi connectivity index (χ0v) is 11.6. The monoisotopic (exact) mass is 282 g/mol. The number of amides is 1. The molecule has 1 aromatic rings. The van der Waals surface area contributed by atoms with Crippen molar-refractivity contribution in [1.29, 1.82) is 0 Å². The van der Waals surface area contributed by atoms with Crippen LogP contribution >= 0.6 is 11.6 Å². The molecule has 1 atom stereocenters. The van der Waals surface area contributed by atoms with Crippen LogP contribution in [-0.2, 0) is 4.79 Å². The first-order valence-corrected chi connectivity index (χ1v) is 6.97. The van der Waals surface area contributed by atoms with Gasteiger partial charge in [-0.2, -0.15) is 0 Å². The number of hydrogen-bond donors (Lipinski definition) is 2. The molecule has 0 aromatic heterocycles. The lowest BCUT2D eigenvalue weighted by molar-refractivity contribution is -0.123. The van der Waals surface area contributed by atoms with E-state index in [1.54, 1.807) is 24.3 Å². The van der Waals surface area contributed by atoms with Crippen LogP contribution in [0.15, 0.2) is 24.3 Å². The highest BCUT2D eigenvalue weighted by Gasteiger charge is 2.14. The van der Waals surface area contributed by atoms with Gasteiger partial charge in [0.1, 0.15) is 5.75 Å². The van der Waals surface area contributed by atoms with Crippen LogP contribution < -0.4 is 15.4 Å². The van der Waals surface area contributed by atoms with Gasteiger partial charge < -0.3 is 15.4 Å². The smallest absolute Gasteiger partial charge is 0.257 e. The number of nitrogens with one attached hydrogen (secondary N) is 2. The van der Waals surface area contributed by atoms with Crippen LogP contribution in [0.3, 0.4) is 0 Å². The van der Waals surface area contributed by atoms with Crippen LogP contribution in [0.1, 0.15) is 12.8 Å². The summed E-state index contributed by atoms with van der Waals surface area (Å²) < 4.78 is 5.36. The van der Waals surface area contributed by atoms with Crippen molar-refractivity contribution < 1.29 is 9.53 Å². The number of halogens is 1. The predicted octanol–water partition coefficient (Wildman–Crippen LogP) is 1.83. The zero-order chi connectivity index (χ0) is 13.5. The second-order valence-electron chi connectivity index (χ2n) is 4.74. The highest BCUT2D eigenvalue weighted by molar-refractivity contribution is 6.30. The van der Waals surface area contributed by atoms with Gasteiger partial charge >= 0.3 is 0 Å². The number of hydrogen-bond acceptors (Lipinski definition) is 3. The Morgan fingerprint density at radius 1 is 1.42 bits per heavy atom. The van der Waals surface area contributed by atoms with Gasteiger partial charge in [-0.05, 0) is 56.1 Å². The van der Waals surface area contributed by atoms with Crippen LogP contribution in [0.25, 0.3) is 0 Å². The Bertz CT molecular complexity index is 402. The standard InChI is InChI=1S/C14H19ClN2O2/c15-12-1-3-13(4-2-12)19-10-14(18)17-8-6-11-5-7-16-9-11/h1-4,11,16H,5-10H2,(H,17,18). The average Bonchev–Trinajstić information content (AvgIpc) is 2.91. The van der Waals surface area contributed by atoms with Gasteiger partial charge in [-0.1, -0.05) is 11.6 Å². The molecule has 1 heterocycles. The van der Waals surface area contributed by atoms with Crippen molar-refractivity contribution in [1.82, 2.24) is 10.6 Å². The molecule has 0 radical (unpaired) electrons. The Morgan fingerprint density at radius 3 is 2.89 bits per heavy atom. The van der Waals surface area contributed by atoms with Gasteiger partial charge in [0, 0.05) is 11.6 Å². The number of carbonyl (C=O) groups is 1. The summed E-state index contributed by atoms with van der Waals surface area (Å²) >= 11 is 5.77. The van der Waals surface area contributed by atoms with E-state index in [9.17, 15) is 4.79 Å². The van der Waals surface area contributed by atoms with Crippen molar-refractivity contribution in [3.05, 3.63) is 29.3 Å². The fraction of sp³-hybridized carbons (Fsp3) is 0.500. The first-order valence-electron chi connectivity index (χ1n) is 6.60. The van der Waals surface area contributed by atoms with Gasteiger partial charge in [0.15, 0.2) is 6.61 Å². The summed E-state index contributed by atoms with van der Waals surface area (Å²) in [6, 6.07) is 6.98. The van der Waals surface area contributed by atoms with E-state index in [0.717, 1.165) is 26.1 Å². The van der Waals surface area contributed by atoms with Crippen molar-refractivity contribution >= 4 is 17.5 Å². The first kappa shape index (κ1) is 14.2. The van der Waals surface area contributed by atoms with Gasteiger partial charge in [0.2, 0.25) is 0 Å². The highest BCUT2D eigenvalue weighted by Crippen LogP contribution is 2.15. The van der Waals surface area contributed by atoms with Crippen LogP contribution in [0.4, 0.5) is 0 Å². The molecule has 1 aliphatic heterocycles. The molecule has 0 spiro atoms. The van der Waals surface area contributed by atoms with Crippen LogP contribution in [0.5, 0.6) is 5.75 Å². The zero-order valence-electron chi connectivity index (χ0n) is 10.8. The van der Waals surface area contributed by atoms with Crippen molar-refractivity contribution in [3.8, 4) is 5.75 Å². The van der Waals surface area contributed by atoms with Crippen LogP contribution in [0, 0.1) is 5.92 Å². The van der Waals surface area contributed by atoms with Crippen molar-refractivity contribution in [2.75, 3.05) is 26.2 Å². The van der Waals surface area contributed by atoms with Gasteiger partial charge in [0.05, 0.1) is 0 Å². The molecule has 1 amide bonds. The molecule has 1 unspecified atom stereocenters.